The van der Waals surface area contributed by atoms with E-state index in [1.807, 2.05) is 43.3 Å². The van der Waals surface area contributed by atoms with E-state index in [1.165, 1.54) is 0 Å². The molecule has 1 aliphatic heterocycles. The first-order chi connectivity index (χ1) is 10.6. The van der Waals surface area contributed by atoms with Gasteiger partial charge in [-0.3, -0.25) is 4.79 Å². The summed E-state index contributed by atoms with van der Waals surface area (Å²) in [5.74, 6) is -0.0657. The van der Waals surface area contributed by atoms with E-state index in [9.17, 15) is 4.79 Å². The lowest BCUT2D eigenvalue weighted by atomic mass is 10.1. The predicted molar refractivity (Wildman–Crippen MR) is 85.0 cm³/mol. The number of morpholine rings is 1. The first-order valence-electron chi connectivity index (χ1n) is 7.24. The van der Waals surface area contributed by atoms with Crippen molar-refractivity contribution in [2.24, 2.45) is 0 Å². The largest absolute Gasteiger partial charge is 0.370 e. The Balaban J connectivity index is 1.78. The Bertz CT molecular complexity index is 690. The Kier molecular flexibility index (Phi) is 4.41. The molecule has 1 amide bonds. The zero-order chi connectivity index (χ0) is 15.5. The number of carbonyl (C=O) groups is 1. The molecule has 0 radical (unpaired) electrons. The number of benzene rings is 1. The molecular formula is C17H17ClN2O2. The molecular weight excluding hydrogens is 300 g/mol. The summed E-state index contributed by atoms with van der Waals surface area (Å²) in [7, 11) is 0. The van der Waals surface area contributed by atoms with Crippen LogP contribution in [0.4, 0.5) is 0 Å². The maximum Gasteiger partial charge on any atom is 0.272 e. The third kappa shape index (κ3) is 3.13. The molecule has 2 aromatic rings. The van der Waals surface area contributed by atoms with Crippen LogP contribution in [-0.2, 0) is 4.74 Å². The van der Waals surface area contributed by atoms with Crippen LogP contribution in [0.1, 0.15) is 27.8 Å². The van der Waals surface area contributed by atoms with E-state index in [0.717, 1.165) is 11.3 Å². The number of nitrogens with zero attached hydrogens (tertiary/aromatic N) is 2. The van der Waals surface area contributed by atoms with Crippen LogP contribution in [0, 0.1) is 6.92 Å². The van der Waals surface area contributed by atoms with Crippen LogP contribution in [0.2, 0.25) is 5.02 Å². The molecule has 1 atom stereocenters. The number of pyridine rings is 1. The Morgan fingerprint density at radius 3 is 2.86 bits per heavy atom. The van der Waals surface area contributed by atoms with E-state index in [-0.39, 0.29) is 12.0 Å². The van der Waals surface area contributed by atoms with E-state index in [1.54, 1.807) is 11.0 Å². The van der Waals surface area contributed by atoms with Gasteiger partial charge in [0.15, 0.2) is 0 Å². The van der Waals surface area contributed by atoms with Crippen molar-refractivity contribution in [1.29, 1.82) is 0 Å². The summed E-state index contributed by atoms with van der Waals surface area (Å²) in [5.41, 5.74) is 2.22. The van der Waals surface area contributed by atoms with Crippen molar-refractivity contribution in [2.75, 3.05) is 19.7 Å². The van der Waals surface area contributed by atoms with Gasteiger partial charge in [-0.25, -0.2) is 4.98 Å². The molecule has 0 spiro atoms. The Hall–Kier alpha value is -1.91. The lowest BCUT2D eigenvalue weighted by molar-refractivity contribution is -0.0229. The van der Waals surface area contributed by atoms with Crippen molar-refractivity contribution in [2.45, 2.75) is 13.0 Å². The number of aryl methyl sites for hydroxylation is 1. The fourth-order valence-corrected chi connectivity index (χ4v) is 2.84. The molecule has 1 aromatic carbocycles. The summed E-state index contributed by atoms with van der Waals surface area (Å²) in [6.07, 6.45) is -0.198. The minimum Gasteiger partial charge on any atom is -0.370 e. The van der Waals surface area contributed by atoms with Crippen molar-refractivity contribution in [3.05, 3.63) is 64.4 Å². The highest BCUT2D eigenvalue weighted by Crippen LogP contribution is 2.28. The molecule has 1 aromatic heterocycles. The molecule has 0 saturated carbocycles. The SMILES string of the molecule is Cc1cccc(C(=O)N2CCO[C@@H](c3ccccc3Cl)C2)n1. The highest BCUT2D eigenvalue weighted by atomic mass is 35.5. The summed E-state index contributed by atoms with van der Waals surface area (Å²) >= 11 is 6.23. The van der Waals surface area contributed by atoms with Crippen LogP contribution in [0.3, 0.4) is 0 Å². The monoisotopic (exact) mass is 316 g/mol. The molecule has 5 heteroatoms. The predicted octanol–water partition coefficient (Wildman–Crippen LogP) is 3.26. The summed E-state index contributed by atoms with van der Waals surface area (Å²) in [6.45, 7) is 3.42. The molecule has 2 heterocycles. The summed E-state index contributed by atoms with van der Waals surface area (Å²) in [6, 6.07) is 13.1. The molecule has 0 N–H and O–H groups in total. The Morgan fingerprint density at radius 2 is 2.09 bits per heavy atom. The zero-order valence-electron chi connectivity index (χ0n) is 12.3. The van der Waals surface area contributed by atoms with Crippen molar-refractivity contribution < 1.29 is 9.53 Å². The summed E-state index contributed by atoms with van der Waals surface area (Å²) in [4.78, 5) is 18.7. The number of aromatic nitrogens is 1. The quantitative estimate of drug-likeness (QED) is 0.854. The molecule has 0 aliphatic carbocycles. The number of rotatable bonds is 2. The smallest absolute Gasteiger partial charge is 0.272 e. The minimum atomic E-state index is -0.198. The normalized spacial score (nSPS) is 18.3. The van der Waals surface area contributed by atoms with Gasteiger partial charge in [-0.2, -0.15) is 0 Å². The maximum absolute atomic E-state index is 12.6. The van der Waals surface area contributed by atoms with Gasteiger partial charge in [0.25, 0.3) is 5.91 Å². The van der Waals surface area contributed by atoms with Gasteiger partial charge in [-0.1, -0.05) is 35.9 Å². The molecule has 22 heavy (non-hydrogen) atoms. The summed E-state index contributed by atoms with van der Waals surface area (Å²) < 4.78 is 5.79. The average molecular weight is 317 g/mol. The number of amides is 1. The van der Waals surface area contributed by atoms with E-state index in [0.29, 0.717) is 30.4 Å². The third-order valence-electron chi connectivity index (χ3n) is 3.71. The maximum atomic E-state index is 12.6. The van der Waals surface area contributed by atoms with Crippen LogP contribution in [-0.4, -0.2) is 35.5 Å². The van der Waals surface area contributed by atoms with Crippen molar-refractivity contribution in [3.8, 4) is 0 Å². The van der Waals surface area contributed by atoms with Crippen molar-refractivity contribution >= 4 is 17.5 Å². The number of ether oxygens (including phenoxy) is 1. The van der Waals surface area contributed by atoms with Gasteiger partial charge in [-0.15, -0.1) is 0 Å². The van der Waals surface area contributed by atoms with Crippen LogP contribution in [0.25, 0.3) is 0 Å². The first kappa shape index (κ1) is 15.0. The molecule has 114 valence electrons. The van der Waals surface area contributed by atoms with Crippen molar-refractivity contribution in [1.82, 2.24) is 9.88 Å². The van der Waals surface area contributed by atoms with Gasteiger partial charge < -0.3 is 9.64 Å². The minimum absolute atomic E-state index is 0.0657. The van der Waals surface area contributed by atoms with Crippen LogP contribution >= 0.6 is 11.6 Å². The Labute approximate surface area is 134 Å². The fraction of sp³-hybridized carbons (Fsp3) is 0.294. The van der Waals surface area contributed by atoms with E-state index >= 15 is 0 Å². The molecule has 3 rings (SSSR count). The lowest BCUT2D eigenvalue weighted by Crippen LogP contribution is -2.42. The fourth-order valence-electron chi connectivity index (χ4n) is 2.58. The number of carbonyl (C=O) groups excluding carboxylic acids is 1. The molecule has 1 aliphatic rings. The molecule has 1 saturated heterocycles. The highest BCUT2D eigenvalue weighted by Gasteiger charge is 2.27. The van der Waals surface area contributed by atoms with E-state index < -0.39 is 0 Å². The average Bonchev–Trinajstić information content (AvgIpc) is 2.55. The highest BCUT2D eigenvalue weighted by molar-refractivity contribution is 6.31. The third-order valence-corrected chi connectivity index (χ3v) is 4.06. The van der Waals surface area contributed by atoms with Gasteiger partial charge >= 0.3 is 0 Å². The van der Waals surface area contributed by atoms with Crippen LogP contribution in [0.15, 0.2) is 42.5 Å². The van der Waals surface area contributed by atoms with Crippen LogP contribution < -0.4 is 0 Å². The van der Waals surface area contributed by atoms with E-state index in [4.69, 9.17) is 16.3 Å². The van der Waals surface area contributed by atoms with Crippen LogP contribution in [0.5, 0.6) is 0 Å². The van der Waals surface area contributed by atoms with E-state index in [2.05, 4.69) is 4.98 Å². The van der Waals surface area contributed by atoms with Gasteiger partial charge in [-0.05, 0) is 25.1 Å². The summed E-state index contributed by atoms with van der Waals surface area (Å²) in [5, 5.41) is 0.662. The number of hydrogen-bond acceptors (Lipinski definition) is 3. The van der Waals surface area contributed by atoms with Crippen molar-refractivity contribution in [3.63, 3.8) is 0 Å². The second-order valence-electron chi connectivity index (χ2n) is 5.30. The topological polar surface area (TPSA) is 42.4 Å². The van der Waals surface area contributed by atoms with Gasteiger partial charge in [0.1, 0.15) is 11.8 Å². The van der Waals surface area contributed by atoms with Gasteiger partial charge in [0.05, 0.1) is 13.2 Å². The number of halogens is 1. The second kappa shape index (κ2) is 6.46. The van der Waals surface area contributed by atoms with Gasteiger partial charge in [0.2, 0.25) is 0 Å². The zero-order valence-corrected chi connectivity index (χ0v) is 13.1. The standard InChI is InChI=1S/C17H17ClN2O2/c1-12-5-4-8-15(19-12)17(21)20-9-10-22-16(11-20)13-6-2-3-7-14(13)18/h2-8,16H,9-11H2,1H3/t16-/m1/s1. The van der Waals surface area contributed by atoms with Gasteiger partial charge in [0, 0.05) is 22.8 Å². The molecule has 1 fully saturated rings. The molecule has 0 unspecified atom stereocenters. The first-order valence-corrected chi connectivity index (χ1v) is 7.62. The molecule has 0 bridgehead atoms. The number of hydrogen-bond donors (Lipinski definition) is 0. The molecule has 4 nitrogen and oxygen atoms in total. The second-order valence-corrected chi connectivity index (χ2v) is 5.70. The Morgan fingerprint density at radius 1 is 1.27 bits per heavy atom. The lowest BCUT2D eigenvalue weighted by Gasteiger charge is -2.33.